The average Bonchev–Trinajstić information content (AvgIpc) is 2.63. The highest BCUT2D eigenvalue weighted by molar-refractivity contribution is 6.30. The Balaban J connectivity index is 1.85. The van der Waals surface area contributed by atoms with Crippen LogP contribution in [0.4, 0.5) is 10.5 Å². The second-order valence-electron chi connectivity index (χ2n) is 6.61. The number of benzene rings is 1. The number of halogens is 1. The quantitative estimate of drug-likeness (QED) is 0.790. The van der Waals surface area contributed by atoms with Crippen LogP contribution in [0.1, 0.15) is 32.1 Å². The monoisotopic (exact) mass is 379 g/mol. The number of ether oxygens (including phenoxy) is 1. The van der Waals surface area contributed by atoms with E-state index in [1.165, 1.54) is 12.0 Å². The number of amides is 3. The summed E-state index contributed by atoms with van der Waals surface area (Å²) in [6.45, 7) is 0. The van der Waals surface area contributed by atoms with E-state index < -0.39 is 18.0 Å². The van der Waals surface area contributed by atoms with Gasteiger partial charge in [-0.1, -0.05) is 24.4 Å². The molecular weight excluding hydrogens is 358 g/mol. The van der Waals surface area contributed by atoms with Crippen molar-refractivity contribution in [2.24, 2.45) is 0 Å². The van der Waals surface area contributed by atoms with Gasteiger partial charge in [0.05, 0.1) is 19.6 Å². The molecule has 1 aliphatic carbocycles. The summed E-state index contributed by atoms with van der Waals surface area (Å²) >= 11 is 5.88. The van der Waals surface area contributed by atoms with E-state index in [2.05, 4.69) is 10.6 Å². The summed E-state index contributed by atoms with van der Waals surface area (Å²) in [6.07, 6.45) is 3.44. The second-order valence-corrected chi connectivity index (χ2v) is 7.04. The Morgan fingerprint density at radius 3 is 2.65 bits per heavy atom. The first-order valence-corrected chi connectivity index (χ1v) is 9.09. The Morgan fingerprint density at radius 2 is 1.96 bits per heavy atom. The van der Waals surface area contributed by atoms with Gasteiger partial charge in [0.1, 0.15) is 6.04 Å². The molecule has 1 aromatic rings. The van der Waals surface area contributed by atoms with Gasteiger partial charge in [-0.2, -0.15) is 0 Å². The Kier molecular flexibility index (Phi) is 5.66. The van der Waals surface area contributed by atoms with Gasteiger partial charge in [0.15, 0.2) is 0 Å². The second kappa shape index (κ2) is 7.95. The van der Waals surface area contributed by atoms with Gasteiger partial charge in [0.2, 0.25) is 5.91 Å². The van der Waals surface area contributed by atoms with Crippen LogP contribution in [-0.2, 0) is 14.3 Å². The third-order valence-electron chi connectivity index (χ3n) is 4.97. The molecular formula is C18H22ClN3O4. The van der Waals surface area contributed by atoms with Crippen molar-refractivity contribution in [1.29, 1.82) is 0 Å². The van der Waals surface area contributed by atoms with E-state index in [9.17, 15) is 14.4 Å². The molecule has 1 saturated heterocycles. The molecule has 140 valence electrons. The van der Waals surface area contributed by atoms with Crippen molar-refractivity contribution < 1.29 is 19.1 Å². The average molecular weight is 380 g/mol. The number of anilines is 1. The third-order valence-corrected chi connectivity index (χ3v) is 5.22. The van der Waals surface area contributed by atoms with Crippen molar-refractivity contribution in [3.05, 3.63) is 29.3 Å². The number of hydrogen-bond donors (Lipinski definition) is 2. The summed E-state index contributed by atoms with van der Waals surface area (Å²) in [7, 11) is 1.27. The first kappa shape index (κ1) is 18.5. The van der Waals surface area contributed by atoms with Gasteiger partial charge in [-0.15, -0.1) is 0 Å². The van der Waals surface area contributed by atoms with E-state index in [0.717, 1.165) is 25.7 Å². The largest absolute Gasteiger partial charge is 0.469 e. The standard InChI is InChI=1S/C18H22ClN3O4/c1-26-16(23)10-15-17(24)21-13-4-2-3-5-14(13)22(15)18(25)20-12-8-6-11(19)7-9-12/h6-9,13-15H,2-5,10H2,1H3,(H,20,25)(H,21,24)/t13-,14+,15-/m1/s1. The molecule has 0 spiro atoms. The van der Waals surface area contributed by atoms with Crippen LogP contribution in [0.25, 0.3) is 0 Å². The zero-order chi connectivity index (χ0) is 18.7. The van der Waals surface area contributed by atoms with Crippen molar-refractivity contribution in [2.45, 2.75) is 50.2 Å². The normalized spacial score (nSPS) is 25.1. The van der Waals surface area contributed by atoms with Gasteiger partial charge >= 0.3 is 12.0 Å². The van der Waals surface area contributed by atoms with Gasteiger partial charge in [-0.25, -0.2) is 4.79 Å². The number of hydrogen-bond acceptors (Lipinski definition) is 4. The van der Waals surface area contributed by atoms with Crippen molar-refractivity contribution in [3.8, 4) is 0 Å². The molecule has 8 heteroatoms. The Bertz CT molecular complexity index is 694. The Labute approximate surface area is 157 Å². The van der Waals surface area contributed by atoms with Crippen LogP contribution in [0.2, 0.25) is 5.02 Å². The topological polar surface area (TPSA) is 87.7 Å². The van der Waals surface area contributed by atoms with E-state index in [1.807, 2.05) is 0 Å². The van der Waals surface area contributed by atoms with Gasteiger partial charge in [0, 0.05) is 16.8 Å². The lowest BCUT2D eigenvalue weighted by atomic mass is 9.85. The first-order valence-electron chi connectivity index (χ1n) is 8.71. The summed E-state index contributed by atoms with van der Waals surface area (Å²) in [5.41, 5.74) is 0.578. The molecule has 0 radical (unpaired) electrons. The molecule has 7 nitrogen and oxygen atoms in total. The van der Waals surface area contributed by atoms with Crippen LogP contribution in [0.3, 0.4) is 0 Å². The molecule has 0 unspecified atom stereocenters. The highest BCUT2D eigenvalue weighted by atomic mass is 35.5. The number of piperazine rings is 1. The summed E-state index contributed by atoms with van der Waals surface area (Å²) in [5, 5.41) is 6.34. The summed E-state index contributed by atoms with van der Waals surface area (Å²) < 4.78 is 4.70. The summed E-state index contributed by atoms with van der Waals surface area (Å²) in [4.78, 5) is 38.8. The van der Waals surface area contributed by atoms with Gasteiger partial charge in [-0.3, -0.25) is 9.59 Å². The lowest BCUT2D eigenvalue weighted by Gasteiger charge is -2.47. The van der Waals surface area contributed by atoms with E-state index in [0.29, 0.717) is 10.7 Å². The SMILES string of the molecule is COC(=O)C[C@@H]1C(=O)N[C@@H]2CCCC[C@@H]2N1C(=O)Nc1ccc(Cl)cc1. The smallest absolute Gasteiger partial charge is 0.322 e. The van der Waals surface area contributed by atoms with E-state index in [-0.39, 0.29) is 24.4 Å². The molecule has 1 aliphatic heterocycles. The fraction of sp³-hybridized carbons (Fsp3) is 0.500. The van der Waals surface area contributed by atoms with Gasteiger partial charge in [0.25, 0.3) is 0 Å². The summed E-state index contributed by atoms with van der Waals surface area (Å²) in [5.74, 6) is -0.839. The molecule has 1 saturated carbocycles. The van der Waals surface area contributed by atoms with Crippen molar-refractivity contribution in [3.63, 3.8) is 0 Å². The molecule has 1 heterocycles. The van der Waals surface area contributed by atoms with Gasteiger partial charge in [-0.05, 0) is 37.1 Å². The van der Waals surface area contributed by atoms with Crippen molar-refractivity contribution in [1.82, 2.24) is 10.2 Å². The molecule has 2 aliphatic rings. The summed E-state index contributed by atoms with van der Waals surface area (Å²) in [6, 6.07) is 5.24. The number of methoxy groups -OCH3 is 1. The van der Waals surface area contributed by atoms with Crippen LogP contribution in [0.15, 0.2) is 24.3 Å². The minimum atomic E-state index is -0.880. The maximum absolute atomic E-state index is 13.0. The Hall–Kier alpha value is -2.28. The van der Waals surface area contributed by atoms with E-state index in [1.54, 1.807) is 24.3 Å². The van der Waals surface area contributed by atoms with Crippen molar-refractivity contribution >= 4 is 35.2 Å². The first-order chi connectivity index (χ1) is 12.5. The minimum Gasteiger partial charge on any atom is -0.469 e. The molecule has 3 amide bonds. The lowest BCUT2D eigenvalue weighted by molar-refractivity contribution is -0.146. The van der Waals surface area contributed by atoms with Crippen LogP contribution >= 0.6 is 11.6 Å². The van der Waals surface area contributed by atoms with Crippen LogP contribution in [0, 0.1) is 0 Å². The number of carbonyl (C=O) groups is 3. The zero-order valence-electron chi connectivity index (χ0n) is 14.5. The maximum atomic E-state index is 13.0. The number of carbonyl (C=O) groups excluding carboxylic acids is 3. The molecule has 0 aromatic heterocycles. The van der Waals surface area contributed by atoms with E-state index >= 15 is 0 Å². The lowest BCUT2D eigenvalue weighted by Crippen LogP contribution is -2.68. The van der Waals surface area contributed by atoms with Gasteiger partial charge < -0.3 is 20.3 Å². The number of nitrogens with one attached hydrogen (secondary N) is 2. The molecule has 3 atom stereocenters. The minimum absolute atomic E-state index is 0.0823. The number of rotatable bonds is 3. The van der Waals surface area contributed by atoms with Crippen molar-refractivity contribution in [2.75, 3.05) is 12.4 Å². The number of fused-ring (bicyclic) bond motifs is 1. The fourth-order valence-electron chi connectivity index (χ4n) is 3.69. The molecule has 3 rings (SSSR count). The number of nitrogens with zero attached hydrogens (tertiary/aromatic N) is 1. The number of urea groups is 1. The predicted octanol–water partition coefficient (Wildman–Crippen LogP) is 2.55. The third kappa shape index (κ3) is 3.93. The van der Waals surface area contributed by atoms with Crippen LogP contribution in [-0.4, -0.2) is 48.0 Å². The van der Waals surface area contributed by atoms with Crippen LogP contribution in [0.5, 0.6) is 0 Å². The highest BCUT2D eigenvalue weighted by Crippen LogP contribution is 2.30. The van der Waals surface area contributed by atoms with E-state index in [4.69, 9.17) is 16.3 Å². The number of esters is 1. The maximum Gasteiger partial charge on any atom is 0.322 e. The Morgan fingerprint density at radius 1 is 1.27 bits per heavy atom. The predicted molar refractivity (Wildman–Crippen MR) is 96.9 cm³/mol. The molecule has 0 bridgehead atoms. The molecule has 26 heavy (non-hydrogen) atoms. The highest BCUT2D eigenvalue weighted by Gasteiger charge is 2.46. The molecule has 2 fully saturated rings. The van der Waals surface area contributed by atoms with Crippen LogP contribution < -0.4 is 10.6 Å². The zero-order valence-corrected chi connectivity index (χ0v) is 15.3. The molecule has 1 aromatic carbocycles. The molecule has 2 N–H and O–H groups in total. The fourth-order valence-corrected chi connectivity index (χ4v) is 3.82.